The van der Waals surface area contributed by atoms with Crippen LogP contribution in [0.1, 0.15) is 37.1 Å². The molecule has 1 aromatic rings. The van der Waals surface area contributed by atoms with Crippen molar-refractivity contribution in [3.63, 3.8) is 0 Å². The van der Waals surface area contributed by atoms with E-state index in [-0.39, 0.29) is 18.5 Å². The van der Waals surface area contributed by atoms with Gasteiger partial charge < -0.3 is 15.7 Å². The molecule has 1 atom stereocenters. The maximum Gasteiger partial charge on any atom is 0.315 e. The fourth-order valence-corrected chi connectivity index (χ4v) is 2.74. The molecule has 1 rings (SSSR count). The minimum absolute atomic E-state index is 0.0536. The van der Waals surface area contributed by atoms with Gasteiger partial charge in [-0.1, -0.05) is 18.5 Å². The van der Waals surface area contributed by atoms with Gasteiger partial charge in [0.2, 0.25) is 0 Å². The fourth-order valence-electron chi connectivity index (χ4n) is 1.54. The molecule has 1 unspecified atom stereocenters. The van der Waals surface area contributed by atoms with Crippen molar-refractivity contribution in [1.29, 1.82) is 0 Å². The summed E-state index contributed by atoms with van der Waals surface area (Å²) in [5.74, 6) is -0.859. The molecule has 19 heavy (non-hydrogen) atoms. The zero-order valence-corrected chi connectivity index (χ0v) is 12.2. The summed E-state index contributed by atoms with van der Waals surface area (Å²) in [5, 5.41) is 14.0. The number of nitrogens with one attached hydrogen (secondary N) is 2. The third-order valence-corrected chi connectivity index (χ3v) is 3.85. The van der Waals surface area contributed by atoms with Crippen molar-refractivity contribution in [3.05, 3.63) is 21.3 Å². The number of carboxylic acid groups (broad SMARTS) is 1. The number of carboxylic acids is 1. The van der Waals surface area contributed by atoms with Crippen LogP contribution in [-0.2, 0) is 4.79 Å². The largest absolute Gasteiger partial charge is 0.481 e. The molecule has 0 saturated heterocycles. The second kappa shape index (κ2) is 8.01. The van der Waals surface area contributed by atoms with Gasteiger partial charge in [0.25, 0.3) is 0 Å². The van der Waals surface area contributed by atoms with Crippen LogP contribution >= 0.6 is 22.9 Å². The molecule has 0 aliphatic rings. The van der Waals surface area contributed by atoms with Gasteiger partial charge in [-0.15, -0.1) is 11.3 Å². The minimum Gasteiger partial charge on any atom is -0.481 e. The molecule has 0 saturated carbocycles. The number of thiophene rings is 1. The van der Waals surface area contributed by atoms with Crippen LogP contribution in [0.25, 0.3) is 0 Å². The highest BCUT2D eigenvalue weighted by Crippen LogP contribution is 2.28. The normalized spacial score (nSPS) is 11.9. The first-order valence-electron chi connectivity index (χ1n) is 6.04. The lowest BCUT2D eigenvalue weighted by Gasteiger charge is -2.15. The van der Waals surface area contributed by atoms with Crippen LogP contribution in [0.5, 0.6) is 0 Å². The van der Waals surface area contributed by atoms with E-state index >= 15 is 0 Å². The van der Waals surface area contributed by atoms with E-state index in [9.17, 15) is 9.59 Å². The van der Waals surface area contributed by atoms with Gasteiger partial charge in [0, 0.05) is 17.8 Å². The quantitative estimate of drug-likeness (QED) is 0.678. The molecule has 0 fully saturated rings. The molecule has 0 radical (unpaired) electrons. The van der Waals surface area contributed by atoms with Gasteiger partial charge in [0.1, 0.15) is 0 Å². The smallest absolute Gasteiger partial charge is 0.315 e. The monoisotopic (exact) mass is 304 g/mol. The Morgan fingerprint density at radius 1 is 1.47 bits per heavy atom. The Hall–Kier alpha value is -1.27. The first-order chi connectivity index (χ1) is 9.02. The van der Waals surface area contributed by atoms with Gasteiger partial charge in [-0.3, -0.25) is 4.79 Å². The number of amides is 2. The highest BCUT2D eigenvalue weighted by molar-refractivity contribution is 7.16. The van der Waals surface area contributed by atoms with E-state index in [1.807, 2.05) is 13.0 Å². The Labute approximate surface area is 121 Å². The average Bonchev–Trinajstić information content (AvgIpc) is 2.78. The van der Waals surface area contributed by atoms with Gasteiger partial charge in [-0.25, -0.2) is 4.79 Å². The van der Waals surface area contributed by atoms with E-state index < -0.39 is 5.97 Å². The molecule has 106 valence electrons. The van der Waals surface area contributed by atoms with Crippen LogP contribution in [0.15, 0.2) is 12.1 Å². The standard InChI is InChI=1S/C12H17ClN2O3S/c1-2-8(9-5-6-10(13)19-9)15-12(18)14-7-3-4-11(16)17/h5-6,8H,2-4,7H2,1H3,(H,16,17)(H2,14,15,18). The third-order valence-electron chi connectivity index (χ3n) is 2.50. The third kappa shape index (κ3) is 5.94. The van der Waals surface area contributed by atoms with Crippen LogP contribution in [-0.4, -0.2) is 23.7 Å². The summed E-state index contributed by atoms with van der Waals surface area (Å²) in [6.07, 6.45) is 1.24. The molecule has 2 amide bonds. The molecule has 0 bridgehead atoms. The summed E-state index contributed by atoms with van der Waals surface area (Å²) >= 11 is 7.30. The number of halogens is 1. The van der Waals surface area contributed by atoms with Gasteiger partial charge in [-0.2, -0.15) is 0 Å². The minimum atomic E-state index is -0.859. The molecule has 0 aliphatic heterocycles. The second-order valence-electron chi connectivity index (χ2n) is 4.00. The lowest BCUT2D eigenvalue weighted by Crippen LogP contribution is -2.38. The molecular weight excluding hydrogens is 288 g/mol. The van der Waals surface area contributed by atoms with E-state index in [2.05, 4.69) is 10.6 Å². The van der Waals surface area contributed by atoms with Crippen LogP contribution in [0, 0.1) is 0 Å². The topological polar surface area (TPSA) is 78.4 Å². The maximum atomic E-state index is 11.6. The van der Waals surface area contributed by atoms with Gasteiger partial charge in [0.15, 0.2) is 0 Å². The maximum absolute atomic E-state index is 11.6. The number of urea groups is 1. The predicted molar refractivity (Wildman–Crippen MR) is 75.8 cm³/mol. The van der Waals surface area contributed by atoms with Gasteiger partial charge in [0.05, 0.1) is 10.4 Å². The first-order valence-corrected chi connectivity index (χ1v) is 7.23. The van der Waals surface area contributed by atoms with Crippen molar-refractivity contribution in [3.8, 4) is 0 Å². The number of hydrogen-bond acceptors (Lipinski definition) is 3. The highest BCUT2D eigenvalue weighted by Gasteiger charge is 2.14. The zero-order valence-electron chi connectivity index (χ0n) is 10.6. The summed E-state index contributed by atoms with van der Waals surface area (Å²) < 4.78 is 0.692. The molecule has 1 aromatic heterocycles. The van der Waals surface area contributed by atoms with Gasteiger partial charge in [-0.05, 0) is 25.0 Å². The van der Waals surface area contributed by atoms with Gasteiger partial charge >= 0.3 is 12.0 Å². The molecule has 0 spiro atoms. The molecule has 5 nitrogen and oxygen atoms in total. The summed E-state index contributed by atoms with van der Waals surface area (Å²) in [6, 6.07) is 3.33. The van der Waals surface area contributed by atoms with E-state index in [0.29, 0.717) is 17.3 Å². The Bertz CT molecular complexity index is 436. The molecule has 7 heteroatoms. The molecular formula is C12H17ClN2O3S. The number of carbonyl (C=O) groups is 2. The molecule has 0 aromatic carbocycles. The van der Waals surface area contributed by atoms with Crippen molar-refractivity contribution < 1.29 is 14.7 Å². The van der Waals surface area contributed by atoms with Crippen LogP contribution < -0.4 is 10.6 Å². The van der Waals surface area contributed by atoms with Crippen molar-refractivity contribution in [2.24, 2.45) is 0 Å². The van der Waals surface area contributed by atoms with Crippen molar-refractivity contribution in [2.75, 3.05) is 6.54 Å². The van der Waals surface area contributed by atoms with E-state index in [1.165, 1.54) is 11.3 Å². The lowest BCUT2D eigenvalue weighted by atomic mass is 10.2. The Morgan fingerprint density at radius 2 is 2.21 bits per heavy atom. The summed E-state index contributed by atoms with van der Waals surface area (Å²) in [5.41, 5.74) is 0. The van der Waals surface area contributed by atoms with E-state index in [1.54, 1.807) is 6.07 Å². The summed E-state index contributed by atoms with van der Waals surface area (Å²) in [4.78, 5) is 23.0. The molecule has 0 aliphatic carbocycles. The molecule has 3 N–H and O–H groups in total. The predicted octanol–water partition coefficient (Wildman–Crippen LogP) is 3.02. The zero-order chi connectivity index (χ0) is 14.3. The summed E-state index contributed by atoms with van der Waals surface area (Å²) in [7, 11) is 0. The van der Waals surface area contributed by atoms with Crippen molar-refractivity contribution in [1.82, 2.24) is 10.6 Å². The Balaban J connectivity index is 2.35. The van der Waals surface area contributed by atoms with Crippen LogP contribution in [0.2, 0.25) is 4.34 Å². The Morgan fingerprint density at radius 3 is 2.74 bits per heavy atom. The van der Waals surface area contributed by atoms with Crippen molar-refractivity contribution >= 4 is 34.9 Å². The summed E-state index contributed by atoms with van der Waals surface area (Å²) in [6.45, 7) is 2.32. The fraction of sp³-hybridized carbons (Fsp3) is 0.500. The first kappa shape index (κ1) is 15.8. The van der Waals surface area contributed by atoms with E-state index in [4.69, 9.17) is 16.7 Å². The van der Waals surface area contributed by atoms with Crippen LogP contribution in [0.3, 0.4) is 0 Å². The van der Waals surface area contributed by atoms with E-state index in [0.717, 1.165) is 11.3 Å². The molecule has 1 heterocycles. The number of carbonyl (C=O) groups excluding carboxylic acids is 1. The second-order valence-corrected chi connectivity index (χ2v) is 5.75. The number of hydrogen-bond donors (Lipinski definition) is 3. The number of aliphatic carboxylic acids is 1. The van der Waals surface area contributed by atoms with Crippen molar-refractivity contribution in [2.45, 2.75) is 32.2 Å². The van der Waals surface area contributed by atoms with Crippen LogP contribution in [0.4, 0.5) is 4.79 Å². The average molecular weight is 305 g/mol. The highest BCUT2D eigenvalue weighted by atomic mass is 35.5. The lowest BCUT2D eigenvalue weighted by molar-refractivity contribution is -0.137. The number of rotatable bonds is 7. The SMILES string of the molecule is CCC(NC(=O)NCCCC(=O)O)c1ccc(Cl)s1. The Kier molecular flexibility index (Phi) is 6.66.